The van der Waals surface area contributed by atoms with Crippen LogP contribution < -0.4 is 11.3 Å². The van der Waals surface area contributed by atoms with Crippen LogP contribution in [-0.2, 0) is 9.59 Å². The Hall–Kier alpha value is -2.50. The molecule has 1 unspecified atom stereocenters. The van der Waals surface area contributed by atoms with Crippen LogP contribution in [0.15, 0.2) is 22.9 Å². The molecule has 3 rings (SSSR count). The van der Waals surface area contributed by atoms with Gasteiger partial charge in [0.1, 0.15) is 11.6 Å². The van der Waals surface area contributed by atoms with Crippen LogP contribution in [0.25, 0.3) is 10.9 Å². The normalized spacial score (nSPS) is 26.5. The highest BCUT2D eigenvalue weighted by Gasteiger charge is 2.30. The van der Waals surface area contributed by atoms with E-state index in [9.17, 15) is 14.4 Å². The second-order valence-electron chi connectivity index (χ2n) is 4.62. The number of carbonyl (C=O) groups excluding carboxylic acids is 2. The molecule has 1 aliphatic carbocycles. The van der Waals surface area contributed by atoms with Crippen LogP contribution in [0.3, 0.4) is 0 Å². The van der Waals surface area contributed by atoms with Crippen molar-refractivity contribution in [3.63, 3.8) is 0 Å². The zero-order valence-electron chi connectivity index (χ0n) is 17.8. The number of nitrogen functional groups attached to an aromatic ring is 1. The Kier molecular flexibility index (Phi) is 1.71. The first kappa shape index (κ1) is 7.49. The number of benzene rings is 1. The van der Waals surface area contributed by atoms with Crippen molar-refractivity contribution >= 4 is 28.2 Å². The topological polar surface area (TPSA) is 95.0 Å². The largest absolute Gasteiger partial charge is 0.398 e. The molecule has 0 spiro atoms. The van der Waals surface area contributed by atoms with Crippen molar-refractivity contribution in [2.24, 2.45) is 0 Å². The highest BCUT2D eigenvalue weighted by atomic mass is 16.2. The van der Waals surface area contributed by atoms with Gasteiger partial charge < -0.3 is 5.73 Å². The van der Waals surface area contributed by atoms with Gasteiger partial charge in [-0.25, -0.2) is 4.98 Å². The third-order valence-corrected chi connectivity index (χ3v) is 3.22. The van der Waals surface area contributed by atoms with E-state index in [-0.39, 0.29) is 0 Å². The zero-order chi connectivity index (χ0) is 21.1. The number of anilines is 1. The summed E-state index contributed by atoms with van der Waals surface area (Å²) in [5.74, 6) is -2.15. The van der Waals surface area contributed by atoms with Gasteiger partial charge in [0, 0.05) is 17.6 Å². The number of nitrogens with zero attached hydrogens (tertiary/aromatic N) is 2. The van der Waals surface area contributed by atoms with Crippen molar-refractivity contribution < 1.29 is 19.2 Å². The van der Waals surface area contributed by atoms with Gasteiger partial charge in [0.2, 0.25) is 0 Å². The first-order valence-corrected chi connectivity index (χ1v) is 6.08. The molecule has 1 fully saturated rings. The van der Waals surface area contributed by atoms with Gasteiger partial charge in [-0.2, -0.15) is 0 Å². The third-order valence-electron chi connectivity index (χ3n) is 3.22. The molecule has 0 amide bonds. The number of aryl methyl sites for hydroxylation is 1. The highest BCUT2D eigenvalue weighted by Crippen LogP contribution is 2.24. The van der Waals surface area contributed by atoms with Crippen LogP contribution in [0.1, 0.15) is 40.7 Å². The smallest absolute Gasteiger partial charge is 0.264 e. The Balaban J connectivity index is 2.48. The van der Waals surface area contributed by atoms with Gasteiger partial charge in [0.15, 0.2) is 5.78 Å². The molecule has 108 valence electrons. The molecule has 0 aliphatic heterocycles. The second kappa shape index (κ2) is 4.80. The molecular formula is C15H15N3O3. The number of Topliss-reactive ketones (excluding diaryl/α,β-unsaturated/α-hetero) is 2. The molecule has 2 aromatic rings. The SMILES string of the molecule is [2H]c1c([2H])c(N)c2c(=O)n(C3C(=O)CC(=O)CC3([2H])[2H])c(C([2H])[2H])nc2c1[2H]. The number of nitrogens with two attached hydrogens (primary N) is 1. The maximum absolute atomic E-state index is 13.1. The van der Waals surface area contributed by atoms with Crippen molar-refractivity contribution in [2.75, 3.05) is 5.73 Å². The van der Waals surface area contributed by atoms with E-state index in [0.717, 1.165) is 0 Å². The Morgan fingerprint density at radius 2 is 2.29 bits per heavy atom. The fourth-order valence-corrected chi connectivity index (χ4v) is 2.27. The predicted octanol–water partition coefficient (Wildman–Crippen LogP) is 1.15. The lowest BCUT2D eigenvalue weighted by Gasteiger charge is -2.24. The average molecular weight is 292 g/mol. The third kappa shape index (κ3) is 2.12. The summed E-state index contributed by atoms with van der Waals surface area (Å²) in [5, 5.41) is -0.462. The van der Waals surface area contributed by atoms with Crippen LogP contribution in [0, 0.1) is 6.88 Å². The molecule has 1 aromatic heterocycles. The number of hydrogen-bond donors (Lipinski definition) is 1. The summed E-state index contributed by atoms with van der Waals surface area (Å²) in [7, 11) is 0. The first-order valence-electron chi connectivity index (χ1n) is 9.74. The Morgan fingerprint density at radius 3 is 3.00 bits per heavy atom. The minimum absolute atomic E-state index is 0.404. The number of aromatic nitrogens is 2. The highest BCUT2D eigenvalue weighted by molar-refractivity contribution is 6.03. The van der Waals surface area contributed by atoms with E-state index in [1.807, 2.05) is 0 Å². The minimum atomic E-state index is -2.47. The molecule has 1 aromatic carbocycles. The lowest BCUT2D eigenvalue weighted by molar-refractivity contribution is -0.132. The van der Waals surface area contributed by atoms with Crippen LogP contribution >= 0.6 is 0 Å². The molecule has 21 heavy (non-hydrogen) atoms. The van der Waals surface area contributed by atoms with Crippen molar-refractivity contribution in [1.29, 1.82) is 0 Å². The predicted molar refractivity (Wildman–Crippen MR) is 78.1 cm³/mol. The fraction of sp³-hybridized carbons (Fsp3) is 0.333. The lowest BCUT2D eigenvalue weighted by Crippen LogP contribution is -2.36. The molecule has 1 aliphatic rings. The molecule has 2 N–H and O–H groups in total. The Morgan fingerprint density at radius 1 is 1.48 bits per heavy atom. The second-order valence-corrected chi connectivity index (χ2v) is 4.62. The van der Waals surface area contributed by atoms with Crippen molar-refractivity contribution in [2.45, 2.75) is 32.1 Å². The zero-order valence-corrected chi connectivity index (χ0v) is 10.8. The first-order chi connectivity index (χ1) is 12.9. The molecule has 0 saturated heterocycles. The minimum Gasteiger partial charge on any atom is -0.398 e. The summed E-state index contributed by atoms with van der Waals surface area (Å²) < 4.78 is 55.5. The van der Waals surface area contributed by atoms with Crippen LogP contribution in [0.5, 0.6) is 0 Å². The van der Waals surface area contributed by atoms with Crippen molar-refractivity contribution in [3.8, 4) is 0 Å². The van der Waals surface area contributed by atoms with Gasteiger partial charge in [-0.05, 0) is 25.3 Å². The molecule has 6 heteroatoms. The Labute approximate surface area is 130 Å². The fourth-order valence-electron chi connectivity index (χ4n) is 2.27. The number of hydrogen-bond acceptors (Lipinski definition) is 5. The molecule has 1 heterocycles. The van der Waals surface area contributed by atoms with Gasteiger partial charge in [-0.3, -0.25) is 19.0 Å². The van der Waals surface area contributed by atoms with Crippen LogP contribution in [-0.4, -0.2) is 21.1 Å². The van der Waals surface area contributed by atoms with E-state index in [4.69, 9.17) is 15.3 Å². The number of fused-ring (bicyclic) bond motifs is 1. The van der Waals surface area contributed by atoms with E-state index >= 15 is 0 Å². The molecular weight excluding hydrogens is 270 g/mol. The summed E-state index contributed by atoms with van der Waals surface area (Å²) in [6.45, 7) is -1.93. The quantitative estimate of drug-likeness (QED) is 0.628. The monoisotopic (exact) mass is 292 g/mol. The molecule has 6 nitrogen and oxygen atoms in total. The van der Waals surface area contributed by atoms with E-state index < -0.39 is 89.8 Å². The maximum Gasteiger partial charge on any atom is 0.264 e. The van der Waals surface area contributed by atoms with Crippen molar-refractivity contribution in [1.82, 2.24) is 9.55 Å². The summed E-state index contributed by atoms with van der Waals surface area (Å²) >= 11 is 0. The van der Waals surface area contributed by atoms with Crippen LogP contribution in [0.4, 0.5) is 5.69 Å². The maximum atomic E-state index is 13.1. The molecule has 1 atom stereocenters. The van der Waals surface area contributed by atoms with E-state index in [2.05, 4.69) is 4.98 Å². The van der Waals surface area contributed by atoms with Gasteiger partial charge in [0.05, 0.1) is 27.5 Å². The van der Waals surface area contributed by atoms with Gasteiger partial charge in [-0.15, -0.1) is 0 Å². The molecule has 0 radical (unpaired) electrons. The van der Waals surface area contributed by atoms with Gasteiger partial charge >= 0.3 is 0 Å². The average Bonchev–Trinajstić information content (AvgIpc) is 2.57. The van der Waals surface area contributed by atoms with Gasteiger partial charge in [0.25, 0.3) is 5.56 Å². The lowest BCUT2D eigenvalue weighted by atomic mass is 9.92. The summed E-state index contributed by atoms with van der Waals surface area (Å²) in [4.78, 5) is 41.1. The summed E-state index contributed by atoms with van der Waals surface area (Å²) in [5.41, 5.74) is 3.79. The standard InChI is InChI=1S/C15H15N3O3/c1-8-17-11-4-2-3-10(16)14(11)15(21)18(8)12-6-5-9(19)7-13(12)20/h2-4,12H,5-7,16H2,1H3/i1D2,2D,3D,4D,6D2. The number of ketones is 2. The summed E-state index contributed by atoms with van der Waals surface area (Å²) in [6, 6.07) is -3.60. The Bertz CT molecular complexity index is 1100. The number of carbonyl (C=O) groups is 2. The van der Waals surface area contributed by atoms with E-state index in [1.165, 1.54) is 0 Å². The molecule has 1 saturated carbocycles. The number of rotatable bonds is 1. The van der Waals surface area contributed by atoms with Crippen LogP contribution in [0.2, 0.25) is 0 Å². The molecule has 0 bridgehead atoms. The van der Waals surface area contributed by atoms with Crippen molar-refractivity contribution in [3.05, 3.63) is 34.3 Å². The van der Waals surface area contributed by atoms with E-state index in [1.54, 1.807) is 0 Å². The summed E-state index contributed by atoms with van der Waals surface area (Å²) in [6.07, 6.45) is -3.71. The van der Waals surface area contributed by atoms with Gasteiger partial charge in [-0.1, -0.05) is 6.04 Å². The van der Waals surface area contributed by atoms with E-state index in [0.29, 0.717) is 4.57 Å².